The zero-order valence-corrected chi connectivity index (χ0v) is 11.4. The highest BCUT2D eigenvalue weighted by Crippen LogP contribution is 2.12. The van der Waals surface area contributed by atoms with Crippen molar-refractivity contribution in [2.75, 3.05) is 6.54 Å². The minimum atomic E-state index is -0.267. The highest BCUT2D eigenvalue weighted by Gasteiger charge is 2.14. The molecule has 0 heterocycles. The summed E-state index contributed by atoms with van der Waals surface area (Å²) in [6, 6.07) is 7.85. The summed E-state index contributed by atoms with van der Waals surface area (Å²) in [5.74, 6) is 0.384. The molecule has 0 spiro atoms. The van der Waals surface area contributed by atoms with E-state index in [-0.39, 0.29) is 12.7 Å². The summed E-state index contributed by atoms with van der Waals surface area (Å²) in [6.45, 7) is 5.70. The van der Waals surface area contributed by atoms with Crippen LogP contribution in [0.4, 0.5) is 0 Å². The van der Waals surface area contributed by atoms with Gasteiger partial charge in [-0.1, -0.05) is 51.0 Å². The van der Waals surface area contributed by atoms with Gasteiger partial charge in [0.15, 0.2) is 0 Å². The van der Waals surface area contributed by atoms with E-state index in [4.69, 9.17) is 5.11 Å². The summed E-state index contributed by atoms with van der Waals surface area (Å²) in [7, 11) is 0. The van der Waals surface area contributed by atoms with E-state index in [0.717, 1.165) is 24.9 Å². The Balaban J connectivity index is 2.32. The number of hydrogen-bond donors (Lipinski definition) is 3. The van der Waals surface area contributed by atoms with Crippen LogP contribution in [0.5, 0.6) is 0 Å². The second-order valence-electron chi connectivity index (χ2n) is 4.75. The third kappa shape index (κ3) is 4.77. The largest absolute Gasteiger partial charge is 0.392 e. The minimum absolute atomic E-state index is 0.0844. The number of rotatable bonds is 8. The molecule has 1 atom stereocenters. The molecule has 3 nitrogen and oxygen atoms in total. The molecule has 0 aliphatic rings. The van der Waals surface area contributed by atoms with Crippen molar-refractivity contribution in [3.05, 3.63) is 35.4 Å². The number of aliphatic hydroxyl groups is 2. The van der Waals surface area contributed by atoms with Crippen molar-refractivity contribution in [3.8, 4) is 0 Å². The van der Waals surface area contributed by atoms with Crippen molar-refractivity contribution in [3.63, 3.8) is 0 Å². The van der Waals surface area contributed by atoms with Crippen molar-refractivity contribution < 1.29 is 10.2 Å². The third-order valence-corrected chi connectivity index (χ3v) is 3.48. The maximum absolute atomic E-state index is 9.97. The van der Waals surface area contributed by atoms with Crippen LogP contribution in [-0.4, -0.2) is 22.9 Å². The van der Waals surface area contributed by atoms with Gasteiger partial charge < -0.3 is 15.5 Å². The van der Waals surface area contributed by atoms with Gasteiger partial charge >= 0.3 is 0 Å². The maximum atomic E-state index is 9.97. The number of nitrogens with one attached hydrogen (secondary N) is 1. The molecule has 0 amide bonds. The molecule has 1 aromatic carbocycles. The van der Waals surface area contributed by atoms with Crippen LogP contribution in [0.3, 0.4) is 0 Å². The van der Waals surface area contributed by atoms with Gasteiger partial charge in [0, 0.05) is 13.1 Å². The van der Waals surface area contributed by atoms with E-state index in [1.165, 1.54) is 5.56 Å². The first-order valence-corrected chi connectivity index (χ1v) is 6.78. The Morgan fingerprint density at radius 2 is 1.61 bits per heavy atom. The van der Waals surface area contributed by atoms with Gasteiger partial charge in [-0.2, -0.15) is 0 Å². The molecule has 102 valence electrons. The first-order valence-electron chi connectivity index (χ1n) is 6.78. The van der Waals surface area contributed by atoms with Crippen molar-refractivity contribution in [2.45, 2.75) is 45.9 Å². The van der Waals surface area contributed by atoms with Gasteiger partial charge in [0.1, 0.15) is 0 Å². The molecule has 0 radical (unpaired) electrons. The predicted octanol–water partition coefficient (Wildman–Crippen LogP) is 2.07. The molecule has 0 aromatic heterocycles. The number of benzene rings is 1. The van der Waals surface area contributed by atoms with Crippen molar-refractivity contribution in [1.82, 2.24) is 5.32 Å². The fraction of sp³-hybridized carbons (Fsp3) is 0.600. The molecular weight excluding hydrogens is 226 g/mol. The SMILES string of the molecule is CCC(CC)C(O)CNCc1ccc(CO)cc1. The summed E-state index contributed by atoms with van der Waals surface area (Å²) in [6.07, 6.45) is 1.77. The first-order chi connectivity index (χ1) is 8.71. The Morgan fingerprint density at radius 1 is 1.06 bits per heavy atom. The summed E-state index contributed by atoms with van der Waals surface area (Å²) >= 11 is 0. The second kappa shape index (κ2) is 8.25. The molecule has 18 heavy (non-hydrogen) atoms. The van der Waals surface area contributed by atoms with E-state index < -0.39 is 0 Å². The van der Waals surface area contributed by atoms with Gasteiger partial charge in [-0.3, -0.25) is 0 Å². The molecule has 0 saturated carbocycles. The van der Waals surface area contributed by atoms with Crippen molar-refractivity contribution >= 4 is 0 Å². The van der Waals surface area contributed by atoms with Crippen LogP contribution in [0.25, 0.3) is 0 Å². The highest BCUT2D eigenvalue weighted by atomic mass is 16.3. The van der Waals surface area contributed by atoms with Crippen LogP contribution in [0.15, 0.2) is 24.3 Å². The quantitative estimate of drug-likeness (QED) is 0.663. The molecule has 3 N–H and O–H groups in total. The highest BCUT2D eigenvalue weighted by molar-refractivity contribution is 5.21. The standard InChI is InChI=1S/C15H25NO2/c1-3-14(4-2)15(18)10-16-9-12-5-7-13(11-17)8-6-12/h5-8,14-18H,3-4,9-11H2,1-2H3. The van der Waals surface area contributed by atoms with Crippen LogP contribution in [-0.2, 0) is 13.2 Å². The van der Waals surface area contributed by atoms with Crippen LogP contribution in [0.1, 0.15) is 37.8 Å². The molecule has 3 heteroatoms. The lowest BCUT2D eigenvalue weighted by molar-refractivity contribution is 0.101. The fourth-order valence-corrected chi connectivity index (χ4v) is 2.13. The number of aliphatic hydroxyl groups excluding tert-OH is 2. The van der Waals surface area contributed by atoms with Gasteiger partial charge in [0.2, 0.25) is 0 Å². The van der Waals surface area contributed by atoms with E-state index in [1.54, 1.807) is 0 Å². The Kier molecular flexibility index (Phi) is 6.94. The van der Waals surface area contributed by atoms with Crippen LogP contribution in [0.2, 0.25) is 0 Å². The first kappa shape index (κ1) is 15.2. The smallest absolute Gasteiger partial charge is 0.0692 e. The van der Waals surface area contributed by atoms with E-state index >= 15 is 0 Å². The molecular formula is C15H25NO2. The second-order valence-corrected chi connectivity index (χ2v) is 4.75. The Labute approximate surface area is 110 Å². The fourth-order valence-electron chi connectivity index (χ4n) is 2.13. The Morgan fingerprint density at radius 3 is 2.11 bits per heavy atom. The summed E-state index contributed by atoms with van der Waals surface area (Å²) in [5, 5.41) is 22.2. The third-order valence-electron chi connectivity index (χ3n) is 3.48. The molecule has 1 aromatic rings. The van der Waals surface area contributed by atoms with E-state index in [9.17, 15) is 5.11 Å². The molecule has 0 saturated heterocycles. The lowest BCUT2D eigenvalue weighted by Gasteiger charge is -2.20. The molecule has 0 fully saturated rings. The average molecular weight is 251 g/mol. The van der Waals surface area contributed by atoms with Crippen molar-refractivity contribution in [1.29, 1.82) is 0 Å². The molecule has 0 aliphatic heterocycles. The van der Waals surface area contributed by atoms with Crippen molar-refractivity contribution in [2.24, 2.45) is 5.92 Å². The normalized spacial score (nSPS) is 12.9. The average Bonchev–Trinajstić information content (AvgIpc) is 2.41. The summed E-state index contributed by atoms with van der Waals surface area (Å²) in [5.41, 5.74) is 2.10. The summed E-state index contributed by atoms with van der Waals surface area (Å²) in [4.78, 5) is 0. The van der Waals surface area contributed by atoms with Gasteiger partial charge in [0.05, 0.1) is 12.7 Å². The summed E-state index contributed by atoms with van der Waals surface area (Å²) < 4.78 is 0. The topological polar surface area (TPSA) is 52.5 Å². The molecule has 1 rings (SSSR count). The van der Waals surface area contributed by atoms with Crippen LogP contribution < -0.4 is 5.32 Å². The van der Waals surface area contributed by atoms with Gasteiger partial charge in [-0.25, -0.2) is 0 Å². The van der Waals surface area contributed by atoms with E-state index in [2.05, 4.69) is 19.2 Å². The Bertz CT molecular complexity index is 320. The monoisotopic (exact) mass is 251 g/mol. The maximum Gasteiger partial charge on any atom is 0.0692 e. The predicted molar refractivity (Wildman–Crippen MR) is 74.2 cm³/mol. The van der Waals surface area contributed by atoms with Gasteiger partial charge in [0.25, 0.3) is 0 Å². The Hall–Kier alpha value is -0.900. The van der Waals surface area contributed by atoms with Crippen LogP contribution in [0, 0.1) is 5.92 Å². The minimum Gasteiger partial charge on any atom is -0.392 e. The lowest BCUT2D eigenvalue weighted by Crippen LogP contribution is -2.32. The molecule has 1 unspecified atom stereocenters. The zero-order chi connectivity index (χ0) is 13.4. The molecule has 0 bridgehead atoms. The van der Waals surface area contributed by atoms with Gasteiger partial charge in [-0.15, -0.1) is 0 Å². The number of hydrogen-bond acceptors (Lipinski definition) is 3. The molecule has 0 aliphatic carbocycles. The van der Waals surface area contributed by atoms with E-state index in [1.807, 2.05) is 24.3 Å². The lowest BCUT2D eigenvalue weighted by atomic mass is 9.96. The van der Waals surface area contributed by atoms with Crippen LogP contribution >= 0.6 is 0 Å². The van der Waals surface area contributed by atoms with Gasteiger partial charge in [-0.05, 0) is 17.0 Å². The zero-order valence-electron chi connectivity index (χ0n) is 11.4. The van der Waals surface area contributed by atoms with E-state index in [0.29, 0.717) is 12.5 Å².